The van der Waals surface area contributed by atoms with E-state index in [-0.39, 0.29) is 44.3 Å². The molecule has 1 unspecified atom stereocenters. The molecule has 268 valence electrons. The summed E-state index contributed by atoms with van der Waals surface area (Å²) in [6.45, 7) is 1.93. The van der Waals surface area contributed by atoms with Crippen molar-refractivity contribution in [3.8, 4) is 0 Å². The van der Waals surface area contributed by atoms with E-state index in [1.54, 1.807) is 24.4 Å². The molecule has 0 bridgehead atoms. The summed E-state index contributed by atoms with van der Waals surface area (Å²) >= 11 is 0. The number of fused-ring (bicyclic) bond motifs is 4. The number of benzene rings is 3. The van der Waals surface area contributed by atoms with Crippen molar-refractivity contribution in [2.24, 2.45) is 0 Å². The van der Waals surface area contributed by atoms with Gasteiger partial charge in [-0.15, -0.1) is 0 Å². The first-order valence-corrected chi connectivity index (χ1v) is 17.8. The third-order valence-electron chi connectivity index (χ3n) is 8.94. The topological polar surface area (TPSA) is 183 Å². The summed E-state index contributed by atoms with van der Waals surface area (Å²) in [6.07, 6.45) is 2.73. The number of carbonyl (C=O) groups is 5. The highest BCUT2D eigenvalue weighted by molar-refractivity contribution is 7.39. The first-order valence-electron chi connectivity index (χ1n) is 16.6. The fraction of sp³-hybridized carbons (Fsp3) is 0.243. The summed E-state index contributed by atoms with van der Waals surface area (Å²) in [5, 5.41) is 7.91. The van der Waals surface area contributed by atoms with Gasteiger partial charge in [-0.2, -0.15) is 0 Å². The maximum Gasteiger partial charge on any atom is 0.328 e. The van der Waals surface area contributed by atoms with Crippen LogP contribution in [-0.2, 0) is 45.1 Å². The van der Waals surface area contributed by atoms with Crippen molar-refractivity contribution < 1.29 is 38.3 Å². The highest BCUT2D eigenvalue weighted by Gasteiger charge is 2.38. The molecule has 15 heteroatoms. The fourth-order valence-electron chi connectivity index (χ4n) is 6.37. The van der Waals surface area contributed by atoms with Gasteiger partial charge in [-0.3, -0.25) is 33.4 Å². The van der Waals surface area contributed by atoms with E-state index in [0.717, 1.165) is 33.1 Å². The van der Waals surface area contributed by atoms with Crippen LogP contribution >= 0.6 is 8.60 Å². The van der Waals surface area contributed by atoms with Gasteiger partial charge in [-0.1, -0.05) is 55.8 Å². The van der Waals surface area contributed by atoms with Crippen molar-refractivity contribution in [2.75, 3.05) is 6.73 Å². The van der Waals surface area contributed by atoms with Crippen LogP contribution in [-0.4, -0.2) is 71.9 Å². The number of rotatable bonds is 15. The largest absolute Gasteiger partial charge is 0.350 e. The van der Waals surface area contributed by atoms with E-state index in [2.05, 4.69) is 20.1 Å². The average Bonchev–Trinajstić information content (AvgIpc) is 3.65. The lowest BCUT2D eigenvalue weighted by molar-refractivity contribution is -0.145. The smallest absolute Gasteiger partial charge is 0.328 e. The van der Waals surface area contributed by atoms with Gasteiger partial charge in [0.25, 0.3) is 17.7 Å². The zero-order valence-electron chi connectivity index (χ0n) is 28.3. The number of pyridine rings is 1. The molecular formula is C37H37N6O8P. The molecule has 1 atom stereocenters. The van der Waals surface area contributed by atoms with Crippen LogP contribution in [0.3, 0.4) is 0 Å². The highest BCUT2D eigenvalue weighted by atomic mass is 31.2. The number of carbonyl (C=O) groups excluding carboxylic acids is 5. The van der Waals surface area contributed by atoms with E-state index in [0.29, 0.717) is 34.6 Å². The van der Waals surface area contributed by atoms with Crippen molar-refractivity contribution in [2.45, 2.75) is 52.0 Å². The Hall–Kier alpha value is -5.53. The van der Waals surface area contributed by atoms with Crippen LogP contribution in [0.4, 0.5) is 0 Å². The summed E-state index contributed by atoms with van der Waals surface area (Å²) in [4.78, 5) is 88.6. The van der Waals surface area contributed by atoms with Gasteiger partial charge in [0, 0.05) is 47.7 Å². The molecule has 2 aromatic heterocycles. The number of hydrogen-bond donors (Lipinski definition) is 4. The second-order valence-electron chi connectivity index (χ2n) is 12.3. The Morgan fingerprint density at radius 2 is 1.69 bits per heavy atom. The second kappa shape index (κ2) is 16.2. The summed E-state index contributed by atoms with van der Waals surface area (Å²) in [6, 6.07) is 23.0. The van der Waals surface area contributed by atoms with Gasteiger partial charge in [0.1, 0.15) is 25.0 Å². The van der Waals surface area contributed by atoms with Gasteiger partial charge in [0.05, 0.1) is 5.52 Å². The SMILES string of the molecule is CCCC(C(=O)N(C=O)COP(O)O)N1Cc2cc(C(=O)NCc3ccc(CNC(=O)Cn4c5ccccc5c5cccnc54)cc3)ccc2C1=O. The van der Waals surface area contributed by atoms with Gasteiger partial charge in [-0.25, -0.2) is 4.98 Å². The average molecular weight is 725 g/mol. The minimum Gasteiger partial charge on any atom is -0.350 e. The second-order valence-corrected chi connectivity index (χ2v) is 13.1. The minimum atomic E-state index is -2.78. The first-order chi connectivity index (χ1) is 25.2. The maximum atomic E-state index is 13.3. The van der Waals surface area contributed by atoms with E-state index in [1.165, 1.54) is 4.90 Å². The number of imide groups is 1. The number of aromatic nitrogens is 2. The zero-order chi connectivity index (χ0) is 36.8. The van der Waals surface area contributed by atoms with Crippen LogP contribution in [0.15, 0.2) is 85.1 Å². The fourth-order valence-corrected chi connectivity index (χ4v) is 6.59. The molecule has 6 rings (SSSR count). The van der Waals surface area contributed by atoms with Crippen molar-refractivity contribution >= 4 is 60.6 Å². The number of nitrogens with one attached hydrogen (secondary N) is 2. The summed E-state index contributed by atoms with van der Waals surface area (Å²) < 4.78 is 6.56. The third-order valence-corrected chi connectivity index (χ3v) is 9.29. The highest BCUT2D eigenvalue weighted by Crippen LogP contribution is 2.30. The van der Waals surface area contributed by atoms with Gasteiger partial charge < -0.3 is 29.9 Å². The molecule has 3 heterocycles. The molecule has 5 amide bonds. The molecule has 0 fully saturated rings. The Kier molecular flexibility index (Phi) is 11.3. The summed E-state index contributed by atoms with van der Waals surface area (Å²) in [5.41, 5.74) is 4.70. The number of nitrogens with zero attached hydrogens (tertiary/aromatic N) is 4. The molecular weight excluding hydrogens is 687 g/mol. The van der Waals surface area contributed by atoms with Crippen LogP contribution in [0.25, 0.3) is 21.9 Å². The van der Waals surface area contributed by atoms with Crippen molar-refractivity contribution in [3.05, 3.63) is 113 Å². The van der Waals surface area contributed by atoms with Gasteiger partial charge in [0.2, 0.25) is 12.3 Å². The quantitative estimate of drug-likeness (QED) is 0.0710. The normalized spacial score (nSPS) is 13.0. The van der Waals surface area contributed by atoms with Crippen LogP contribution in [0.5, 0.6) is 0 Å². The van der Waals surface area contributed by atoms with Gasteiger partial charge in [-0.05, 0) is 59.5 Å². The van der Waals surface area contributed by atoms with Crippen LogP contribution in [0, 0.1) is 0 Å². The van der Waals surface area contributed by atoms with E-state index in [4.69, 9.17) is 9.79 Å². The first kappa shape index (κ1) is 36.3. The van der Waals surface area contributed by atoms with E-state index in [1.807, 2.05) is 72.2 Å². The Balaban J connectivity index is 1.02. The van der Waals surface area contributed by atoms with Crippen LogP contribution < -0.4 is 10.6 Å². The molecule has 14 nitrogen and oxygen atoms in total. The predicted molar refractivity (Wildman–Crippen MR) is 192 cm³/mol. The van der Waals surface area contributed by atoms with Crippen molar-refractivity contribution in [1.82, 2.24) is 30.0 Å². The molecule has 0 saturated heterocycles. The Morgan fingerprint density at radius 3 is 2.40 bits per heavy atom. The molecule has 52 heavy (non-hydrogen) atoms. The van der Waals surface area contributed by atoms with Gasteiger partial charge in [0.15, 0.2) is 0 Å². The van der Waals surface area contributed by atoms with Crippen molar-refractivity contribution in [1.29, 1.82) is 0 Å². The Bertz CT molecular complexity index is 2080. The van der Waals surface area contributed by atoms with Crippen molar-refractivity contribution in [3.63, 3.8) is 0 Å². The predicted octanol–water partition coefficient (Wildman–Crippen LogP) is 3.73. The van der Waals surface area contributed by atoms with E-state index >= 15 is 0 Å². The molecule has 1 aliphatic rings. The molecule has 5 aromatic rings. The van der Waals surface area contributed by atoms with Crippen LogP contribution in [0.1, 0.15) is 57.2 Å². The molecule has 0 radical (unpaired) electrons. The van der Waals surface area contributed by atoms with E-state index < -0.39 is 33.2 Å². The number of amides is 5. The maximum absolute atomic E-state index is 13.3. The Labute approximate surface area is 300 Å². The monoisotopic (exact) mass is 724 g/mol. The minimum absolute atomic E-state index is 0.0550. The lowest BCUT2D eigenvalue weighted by atomic mass is 10.1. The number of hydrogen-bond acceptors (Lipinski definition) is 9. The van der Waals surface area contributed by atoms with Gasteiger partial charge >= 0.3 is 8.60 Å². The molecule has 3 aromatic carbocycles. The molecule has 4 N–H and O–H groups in total. The molecule has 0 spiro atoms. The molecule has 0 saturated carbocycles. The lowest BCUT2D eigenvalue weighted by Crippen LogP contribution is -2.48. The third kappa shape index (κ3) is 7.85. The lowest BCUT2D eigenvalue weighted by Gasteiger charge is -2.29. The van der Waals surface area contributed by atoms with Crippen LogP contribution in [0.2, 0.25) is 0 Å². The Morgan fingerprint density at radius 1 is 0.981 bits per heavy atom. The molecule has 0 aliphatic carbocycles. The zero-order valence-corrected chi connectivity index (χ0v) is 29.2. The summed E-state index contributed by atoms with van der Waals surface area (Å²) in [5.74, 6) is -1.61. The number of para-hydroxylation sites is 1. The summed E-state index contributed by atoms with van der Waals surface area (Å²) in [7, 11) is -2.78. The molecule has 1 aliphatic heterocycles. The standard InChI is InChI=1S/C37H37N6O8P/c1-2-6-32(37(48)41(22-44)23-51-52(49)50)43-20-27-17-26(14-15-28(27)36(43)47)35(46)40-19-25-12-10-24(11-13-25)18-39-33(45)21-42-31-9-4-3-7-29(31)30-8-5-16-38-34(30)42/h3-5,7-17,22,32,49-50H,2,6,18-21,23H2,1H3,(H,39,45)(H,40,46). The van der Waals surface area contributed by atoms with E-state index in [9.17, 15) is 24.0 Å².